The molecule has 0 aliphatic carbocycles. The number of halogens is 1. The fourth-order valence-electron chi connectivity index (χ4n) is 2.02. The van der Waals surface area contributed by atoms with Crippen molar-refractivity contribution < 1.29 is 9.32 Å². The lowest BCUT2D eigenvalue weighted by molar-refractivity contribution is 0.102. The molecule has 0 radical (unpaired) electrons. The molecule has 0 fully saturated rings. The van der Waals surface area contributed by atoms with E-state index in [1.807, 2.05) is 13.0 Å². The number of hydrogen-bond donors (Lipinski definition) is 2. The van der Waals surface area contributed by atoms with Gasteiger partial charge in [0.1, 0.15) is 23.6 Å². The summed E-state index contributed by atoms with van der Waals surface area (Å²) in [5, 5.41) is 10.1. The van der Waals surface area contributed by atoms with Crippen molar-refractivity contribution in [1.82, 2.24) is 15.1 Å². The number of aromatic nitrogens is 3. The fraction of sp³-hybridized carbons (Fsp3) is 0.125. The minimum absolute atomic E-state index is 0.215. The first-order valence-electron chi connectivity index (χ1n) is 7.11. The van der Waals surface area contributed by atoms with Crippen LogP contribution in [0.1, 0.15) is 21.8 Å². The van der Waals surface area contributed by atoms with Gasteiger partial charge < -0.3 is 15.2 Å². The van der Waals surface area contributed by atoms with Crippen LogP contribution in [0.3, 0.4) is 0 Å². The fourth-order valence-corrected chi connectivity index (χ4v) is 2.19. The molecule has 0 unspecified atom stereocenters. The van der Waals surface area contributed by atoms with Crippen molar-refractivity contribution in [3.63, 3.8) is 0 Å². The first-order chi connectivity index (χ1) is 11.5. The molecule has 0 aliphatic heterocycles. The minimum Gasteiger partial charge on any atom is -0.360 e. The number of amides is 1. The highest BCUT2D eigenvalue weighted by Gasteiger charge is 2.11. The SMILES string of the molecule is Cc1cc(Nc2cc(C(=O)Nc3cc(Cl)ccc3C)ncn2)no1. The summed E-state index contributed by atoms with van der Waals surface area (Å²) in [6, 6.07) is 8.53. The van der Waals surface area contributed by atoms with Gasteiger partial charge in [-0.2, -0.15) is 0 Å². The van der Waals surface area contributed by atoms with Gasteiger partial charge in [0.15, 0.2) is 5.82 Å². The lowest BCUT2D eigenvalue weighted by atomic mass is 10.2. The van der Waals surface area contributed by atoms with Crippen molar-refractivity contribution in [3.05, 3.63) is 58.7 Å². The number of carbonyl (C=O) groups excluding carboxylic acids is 1. The van der Waals surface area contributed by atoms with Crippen LogP contribution in [0.15, 0.2) is 41.2 Å². The van der Waals surface area contributed by atoms with Crippen LogP contribution in [-0.4, -0.2) is 21.0 Å². The Bertz CT molecular complexity index is 894. The van der Waals surface area contributed by atoms with Gasteiger partial charge in [-0.15, -0.1) is 0 Å². The molecule has 0 spiro atoms. The largest absolute Gasteiger partial charge is 0.360 e. The first-order valence-corrected chi connectivity index (χ1v) is 7.49. The molecule has 8 heteroatoms. The van der Waals surface area contributed by atoms with Crippen LogP contribution in [-0.2, 0) is 0 Å². The highest BCUT2D eigenvalue weighted by molar-refractivity contribution is 6.31. The quantitative estimate of drug-likeness (QED) is 0.749. The zero-order chi connectivity index (χ0) is 17.1. The summed E-state index contributed by atoms with van der Waals surface area (Å²) >= 11 is 5.96. The van der Waals surface area contributed by atoms with Gasteiger partial charge in [-0.25, -0.2) is 9.97 Å². The third kappa shape index (κ3) is 3.69. The summed E-state index contributed by atoms with van der Waals surface area (Å²) < 4.78 is 4.97. The Labute approximate surface area is 143 Å². The van der Waals surface area contributed by atoms with Crippen LogP contribution in [0.4, 0.5) is 17.3 Å². The summed E-state index contributed by atoms with van der Waals surface area (Å²) in [5.74, 6) is 1.25. The number of rotatable bonds is 4. The zero-order valence-corrected chi connectivity index (χ0v) is 13.8. The second-order valence-electron chi connectivity index (χ2n) is 5.15. The average Bonchev–Trinajstić information content (AvgIpc) is 2.96. The number of hydrogen-bond acceptors (Lipinski definition) is 6. The van der Waals surface area contributed by atoms with E-state index in [9.17, 15) is 4.79 Å². The second kappa shape index (κ2) is 6.67. The summed E-state index contributed by atoms with van der Waals surface area (Å²) in [5.41, 5.74) is 1.75. The van der Waals surface area contributed by atoms with Crippen LogP contribution in [0.2, 0.25) is 5.02 Å². The zero-order valence-electron chi connectivity index (χ0n) is 13.0. The van der Waals surface area contributed by atoms with Crippen LogP contribution < -0.4 is 10.6 Å². The molecule has 3 aromatic rings. The average molecular weight is 344 g/mol. The lowest BCUT2D eigenvalue weighted by Gasteiger charge is -2.09. The molecule has 0 saturated heterocycles. The Kier molecular flexibility index (Phi) is 4.43. The summed E-state index contributed by atoms with van der Waals surface area (Å²) in [4.78, 5) is 20.4. The summed E-state index contributed by atoms with van der Waals surface area (Å²) in [6.07, 6.45) is 1.30. The molecule has 0 saturated carbocycles. The summed E-state index contributed by atoms with van der Waals surface area (Å²) in [7, 11) is 0. The van der Waals surface area contributed by atoms with Crippen molar-refractivity contribution in [2.45, 2.75) is 13.8 Å². The van der Waals surface area contributed by atoms with E-state index in [0.717, 1.165) is 5.56 Å². The van der Waals surface area contributed by atoms with Crippen molar-refractivity contribution >= 4 is 34.8 Å². The van der Waals surface area contributed by atoms with Crippen molar-refractivity contribution in [2.75, 3.05) is 10.6 Å². The smallest absolute Gasteiger partial charge is 0.274 e. The van der Waals surface area contributed by atoms with Gasteiger partial charge >= 0.3 is 0 Å². The van der Waals surface area contributed by atoms with Crippen LogP contribution in [0.5, 0.6) is 0 Å². The number of carbonyl (C=O) groups is 1. The van der Waals surface area contributed by atoms with E-state index in [1.165, 1.54) is 12.4 Å². The topological polar surface area (TPSA) is 92.9 Å². The monoisotopic (exact) mass is 343 g/mol. The van der Waals surface area contributed by atoms with E-state index in [0.29, 0.717) is 28.1 Å². The molecule has 2 aromatic heterocycles. The molecular formula is C16H14ClN5O2. The maximum absolute atomic E-state index is 12.4. The Morgan fingerprint density at radius 3 is 2.71 bits per heavy atom. The maximum Gasteiger partial charge on any atom is 0.274 e. The predicted molar refractivity (Wildman–Crippen MR) is 90.7 cm³/mol. The Morgan fingerprint density at radius 2 is 1.96 bits per heavy atom. The van der Waals surface area contributed by atoms with E-state index < -0.39 is 0 Å². The summed E-state index contributed by atoms with van der Waals surface area (Å²) in [6.45, 7) is 3.66. The molecule has 0 bridgehead atoms. The molecule has 2 heterocycles. The molecule has 3 rings (SSSR count). The van der Waals surface area contributed by atoms with Crippen LogP contribution in [0.25, 0.3) is 0 Å². The van der Waals surface area contributed by atoms with E-state index in [4.69, 9.17) is 16.1 Å². The van der Waals surface area contributed by atoms with Gasteiger partial charge in [-0.3, -0.25) is 4.79 Å². The molecule has 1 amide bonds. The lowest BCUT2D eigenvalue weighted by Crippen LogP contribution is -2.15. The van der Waals surface area contributed by atoms with Crippen molar-refractivity contribution in [3.8, 4) is 0 Å². The number of anilines is 3. The second-order valence-corrected chi connectivity index (χ2v) is 5.59. The Morgan fingerprint density at radius 1 is 1.12 bits per heavy atom. The first kappa shape index (κ1) is 15.9. The standard InChI is InChI=1S/C16H14ClN5O2/c1-9-3-4-11(17)6-12(9)20-16(23)13-7-14(19-8-18-13)21-15-5-10(2)24-22-15/h3-8H,1-2H3,(H,20,23)(H,18,19,21,22). The molecule has 24 heavy (non-hydrogen) atoms. The van der Waals surface area contributed by atoms with Gasteiger partial charge in [-0.05, 0) is 31.5 Å². The molecule has 122 valence electrons. The molecule has 7 nitrogen and oxygen atoms in total. The third-order valence-corrected chi connectivity index (χ3v) is 3.47. The van der Waals surface area contributed by atoms with Gasteiger partial charge in [0.2, 0.25) is 0 Å². The highest BCUT2D eigenvalue weighted by atomic mass is 35.5. The minimum atomic E-state index is -0.359. The Balaban J connectivity index is 1.77. The van der Waals surface area contributed by atoms with Crippen LogP contribution >= 0.6 is 11.6 Å². The van der Waals surface area contributed by atoms with Crippen molar-refractivity contribution in [1.29, 1.82) is 0 Å². The van der Waals surface area contributed by atoms with Crippen LogP contribution in [0, 0.1) is 13.8 Å². The maximum atomic E-state index is 12.4. The number of benzene rings is 1. The van der Waals surface area contributed by atoms with E-state index in [2.05, 4.69) is 25.8 Å². The van der Waals surface area contributed by atoms with Gasteiger partial charge in [-0.1, -0.05) is 22.8 Å². The molecule has 1 aromatic carbocycles. The highest BCUT2D eigenvalue weighted by Crippen LogP contribution is 2.21. The van der Waals surface area contributed by atoms with E-state index >= 15 is 0 Å². The molecule has 0 aliphatic rings. The predicted octanol–water partition coefficient (Wildman–Crippen LogP) is 3.73. The molecule has 0 atom stereocenters. The number of nitrogens with one attached hydrogen (secondary N) is 2. The number of nitrogens with zero attached hydrogens (tertiary/aromatic N) is 3. The Hall–Kier alpha value is -2.93. The van der Waals surface area contributed by atoms with E-state index in [-0.39, 0.29) is 11.6 Å². The third-order valence-electron chi connectivity index (χ3n) is 3.23. The number of aryl methyl sites for hydroxylation is 2. The van der Waals surface area contributed by atoms with E-state index in [1.54, 1.807) is 25.1 Å². The van der Waals surface area contributed by atoms with Crippen molar-refractivity contribution in [2.24, 2.45) is 0 Å². The molecular weight excluding hydrogens is 330 g/mol. The van der Waals surface area contributed by atoms with Gasteiger partial charge in [0, 0.05) is 22.8 Å². The van der Waals surface area contributed by atoms with Gasteiger partial charge in [0.05, 0.1) is 0 Å². The van der Waals surface area contributed by atoms with Gasteiger partial charge in [0.25, 0.3) is 5.91 Å². The molecule has 2 N–H and O–H groups in total. The normalized spacial score (nSPS) is 10.5.